The van der Waals surface area contributed by atoms with Crippen LogP contribution in [0, 0.1) is 5.92 Å². The summed E-state index contributed by atoms with van der Waals surface area (Å²) in [5.74, 6) is 0.398. The van der Waals surface area contributed by atoms with Gasteiger partial charge in [0, 0.05) is 23.0 Å². The Bertz CT molecular complexity index is 2230. The first-order valence-electron chi connectivity index (χ1n) is 16.9. The number of hydrogen-bond donors (Lipinski definition) is 0. The maximum Gasteiger partial charge on any atom is 0.0719 e. The minimum atomic E-state index is -0.272. The van der Waals surface area contributed by atoms with Crippen LogP contribution >= 0.6 is 0 Å². The fourth-order valence-corrected chi connectivity index (χ4v) is 9.21. The topological polar surface area (TPSA) is 3.24 Å². The molecule has 0 aliphatic heterocycles. The van der Waals surface area contributed by atoms with Gasteiger partial charge < -0.3 is 4.90 Å². The number of allylic oxidation sites excluding steroid dienone is 15. The summed E-state index contributed by atoms with van der Waals surface area (Å²) in [6.07, 6.45) is 29.0. The Morgan fingerprint density at radius 2 is 1.33 bits per heavy atom. The smallest absolute Gasteiger partial charge is 0.0719 e. The summed E-state index contributed by atoms with van der Waals surface area (Å²) < 4.78 is 0. The van der Waals surface area contributed by atoms with Crippen molar-refractivity contribution in [2.45, 2.75) is 37.5 Å². The third-order valence-electron chi connectivity index (χ3n) is 11.1. The molecule has 220 valence electrons. The largest absolute Gasteiger partial charge is 0.310 e. The van der Waals surface area contributed by atoms with E-state index in [2.05, 4.69) is 151 Å². The number of nitrogens with zero attached hydrogens (tertiary/aromatic N) is 1. The van der Waals surface area contributed by atoms with E-state index in [0.29, 0.717) is 5.92 Å². The van der Waals surface area contributed by atoms with Gasteiger partial charge in [-0.1, -0.05) is 115 Å². The molecule has 0 radical (unpaired) electrons. The molecule has 6 aliphatic rings. The normalized spacial score (nSPS) is 23.3. The number of benzene rings is 4. The third-order valence-corrected chi connectivity index (χ3v) is 11.1. The average Bonchev–Trinajstić information content (AvgIpc) is 3.59. The van der Waals surface area contributed by atoms with Crippen LogP contribution in [0.4, 0.5) is 11.4 Å². The zero-order chi connectivity index (χ0) is 30.2. The summed E-state index contributed by atoms with van der Waals surface area (Å²) in [6.45, 7) is 0. The van der Waals surface area contributed by atoms with Gasteiger partial charge in [-0.2, -0.15) is 0 Å². The van der Waals surface area contributed by atoms with Gasteiger partial charge in [0.15, 0.2) is 0 Å². The molecule has 46 heavy (non-hydrogen) atoms. The number of anilines is 2. The van der Waals surface area contributed by atoms with E-state index in [1.807, 2.05) is 0 Å². The molecular formula is C45H35N. The third kappa shape index (κ3) is 3.52. The van der Waals surface area contributed by atoms with Crippen LogP contribution in [-0.4, -0.2) is 0 Å². The van der Waals surface area contributed by atoms with Crippen LogP contribution in [0.3, 0.4) is 0 Å². The molecule has 10 rings (SSSR count). The van der Waals surface area contributed by atoms with E-state index in [1.54, 1.807) is 0 Å². The summed E-state index contributed by atoms with van der Waals surface area (Å²) in [4.78, 5) is 2.53. The van der Waals surface area contributed by atoms with Gasteiger partial charge in [0.2, 0.25) is 0 Å². The standard InChI is InChI=1S/C45H35N/c1-2-14-32-28-33(25-24-30(32)12-1)46(44-23-11-15-31-13-3-4-16-35(31)44)34-26-27-39-38-19-7-10-22-42(38)45(43(39)29-34)40-20-8-5-17-36(40)37-18-6-9-21-41(37)45/h1-5,8-12,14-17,20-29,31H,6-7,13,18-19H2. The van der Waals surface area contributed by atoms with Gasteiger partial charge in [0.25, 0.3) is 0 Å². The molecule has 6 aliphatic carbocycles. The Balaban J connectivity index is 1.24. The maximum atomic E-state index is 2.55. The summed E-state index contributed by atoms with van der Waals surface area (Å²) in [5.41, 5.74) is 16.6. The fourth-order valence-electron chi connectivity index (χ4n) is 9.21. The molecule has 1 spiro atoms. The summed E-state index contributed by atoms with van der Waals surface area (Å²) >= 11 is 0. The molecule has 0 saturated heterocycles. The first kappa shape index (κ1) is 26.1. The molecule has 0 saturated carbocycles. The molecule has 0 amide bonds. The van der Waals surface area contributed by atoms with Gasteiger partial charge in [0.05, 0.1) is 5.41 Å². The van der Waals surface area contributed by atoms with Crippen molar-refractivity contribution in [1.29, 1.82) is 0 Å². The summed E-state index contributed by atoms with van der Waals surface area (Å²) in [6, 6.07) is 32.3. The molecule has 0 bridgehead atoms. The van der Waals surface area contributed by atoms with E-state index in [-0.39, 0.29) is 5.41 Å². The first-order chi connectivity index (χ1) is 22.8. The molecule has 4 aromatic carbocycles. The van der Waals surface area contributed by atoms with Gasteiger partial charge in [0.1, 0.15) is 0 Å². The average molecular weight is 590 g/mol. The van der Waals surface area contributed by atoms with Crippen LogP contribution in [0.5, 0.6) is 0 Å². The Morgan fingerprint density at radius 3 is 2.17 bits per heavy atom. The molecule has 0 N–H and O–H groups in total. The Kier molecular flexibility index (Phi) is 5.64. The van der Waals surface area contributed by atoms with Crippen LogP contribution in [-0.2, 0) is 5.41 Å². The highest BCUT2D eigenvalue weighted by molar-refractivity contribution is 5.98. The predicted octanol–water partition coefficient (Wildman–Crippen LogP) is 11.5. The fraction of sp³-hybridized carbons (Fsp3) is 0.156. The Hall–Kier alpha value is -5.14. The van der Waals surface area contributed by atoms with E-state index in [1.165, 1.54) is 78.0 Å². The van der Waals surface area contributed by atoms with Crippen LogP contribution in [0.1, 0.15) is 54.4 Å². The number of fused-ring (bicyclic) bond motifs is 10. The molecule has 2 unspecified atom stereocenters. The van der Waals surface area contributed by atoms with Gasteiger partial charge >= 0.3 is 0 Å². The number of hydrogen-bond acceptors (Lipinski definition) is 1. The molecule has 2 atom stereocenters. The van der Waals surface area contributed by atoms with Crippen molar-refractivity contribution in [3.8, 4) is 0 Å². The highest BCUT2D eigenvalue weighted by Crippen LogP contribution is 2.64. The van der Waals surface area contributed by atoms with Crippen molar-refractivity contribution >= 4 is 33.3 Å². The summed E-state index contributed by atoms with van der Waals surface area (Å²) in [7, 11) is 0. The van der Waals surface area contributed by atoms with Crippen LogP contribution in [0.25, 0.3) is 21.9 Å². The molecule has 1 heteroatoms. The molecular weight excluding hydrogens is 555 g/mol. The lowest BCUT2D eigenvalue weighted by Gasteiger charge is -2.36. The second-order valence-corrected chi connectivity index (χ2v) is 13.4. The maximum absolute atomic E-state index is 2.55. The molecule has 1 nitrogen and oxygen atoms in total. The number of rotatable bonds is 3. The van der Waals surface area contributed by atoms with Gasteiger partial charge in [-0.25, -0.2) is 0 Å². The Morgan fingerprint density at radius 1 is 0.609 bits per heavy atom. The van der Waals surface area contributed by atoms with E-state index in [4.69, 9.17) is 0 Å². The lowest BCUT2D eigenvalue weighted by molar-refractivity contribution is 0.757. The van der Waals surface area contributed by atoms with Gasteiger partial charge in [-0.3, -0.25) is 0 Å². The van der Waals surface area contributed by atoms with Crippen molar-refractivity contribution in [3.05, 3.63) is 190 Å². The summed E-state index contributed by atoms with van der Waals surface area (Å²) in [5, 5.41) is 2.53. The second kappa shape index (κ2) is 9.93. The van der Waals surface area contributed by atoms with E-state index in [0.717, 1.165) is 32.1 Å². The van der Waals surface area contributed by atoms with Crippen LogP contribution < -0.4 is 4.90 Å². The second-order valence-electron chi connectivity index (χ2n) is 13.4. The minimum absolute atomic E-state index is 0.272. The van der Waals surface area contributed by atoms with Crippen molar-refractivity contribution in [2.24, 2.45) is 5.92 Å². The minimum Gasteiger partial charge on any atom is -0.310 e. The van der Waals surface area contributed by atoms with E-state index >= 15 is 0 Å². The zero-order valence-electron chi connectivity index (χ0n) is 25.9. The van der Waals surface area contributed by atoms with Crippen molar-refractivity contribution < 1.29 is 0 Å². The first-order valence-corrected chi connectivity index (χ1v) is 16.9. The molecule has 4 aromatic rings. The van der Waals surface area contributed by atoms with E-state index < -0.39 is 0 Å². The zero-order valence-corrected chi connectivity index (χ0v) is 25.9. The highest BCUT2D eigenvalue weighted by atomic mass is 15.2. The predicted molar refractivity (Wildman–Crippen MR) is 193 cm³/mol. The van der Waals surface area contributed by atoms with Crippen LogP contribution in [0.15, 0.2) is 168 Å². The van der Waals surface area contributed by atoms with Crippen molar-refractivity contribution in [2.75, 3.05) is 4.90 Å². The van der Waals surface area contributed by atoms with Gasteiger partial charge in [-0.05, 0) is 123 Å². The lowest BCUT2D eigenvalue weighted by Crippen LogP contribution is -2.29. The van der Waals surface area contributed by atoms with Gasteiger partial charge in [-0.15, -0.1) is 0 Å². The lowest BCUT2D eigenvalue weighted by atomic mass is 9.67. The molecule has 0 fully saturated rings. The highest BCUT2D eigenvalue weighted by Gasteiger charge is 2.53. The van der Waals surface area contributed by atoms with Crippen molar-refractivity contribution in [3.63, 3.8) is 0 Å². The quantitative estimate of drug-likeness (QED) is 0.230. The molecule has 0 aromatic heterocycles. The van der Waals surface area contributed by atoms with Crippen molar-refractivity contribution in [1.82, 2.24) is 0 Å². The van der Waals surface area contributed by atoms with Crippen LogP contribution in [0.2, 0.25) is 0 Å². The SMILES string of the molecule is C1=CCC2C=CC=C(N(c3ccc4c(c3)C3(C5=C(CCC=C5)c5ccccc53)C3=C4CCC=C3)c3ccc4ccccc4c3)C2=C1. The monoisotopic (exact) mass is 589 g/mol. The van der Waals surface area contributed by atoms with E-state index in [9.17, 15) is 0 Å². The Labute approximate surface area is 271 Å². The molecule has 0 heterocycles.